The lowest BCUT2D eigenvalue weighted by molar-refractivity contribution is -0.116. The number of amidine groups is 1. The Balaban J connectivity index is 2.11. The lowest BCUT2D eigenvalue weighted by Crippen LogP contribution is -2.19. The van der Waals surface area contributed by atoms with E-state index in [4.69, 9.17) is 4.74 Å². The van der Waals surface area contributed by atoms with Crippen molar-refractivity contribution >= 4 is 29.1 Å². The Morgan fingerprint density at radius 2 is 2.39 bits per heavy atom. The summed E-state index contributed by atoms with van der Waals surface area (Å²) in [6.07, 6.45) is 1.27. The lowest BCUT2D eigenvalue weighted by Gasteiger charge is -2.00. The number of thioether (sulfide) groups is 1. The fraction of sp³-hybridized carbons (Fsp3) is 0.182. The molecule has 2 rings (SSSR count). The number of nitrogens with one attached hydrogen (secondary N) is 1. The molecule has 0 radical (unpaired) electrons. The number of carbonyl (C=O) groups is 1. The van der Waals surface area contributed by atoms with Gasteiger partial charge in [0, 0.05) is 5.56 Å². The molecule has 1 amide bonds. The Kier molecular flexibility index (Phi) is 3.93. The van der Waals surface area contributed by atoms with Gasteiger partial charge in [0.2, 0.25) is 5.91 Å². The van der Waals surface area contributed by atoms with Crippen molar-refractivity contribution in [2.75, 3.05) is 12.9 Å². The van der Waals surface area contributed by atoms with Gasteiger partial charge in [-0.1, -0.05) is 11.8 Å². The van der Waals surface area contributed by atoms with Crippen molar-refractivity contribution in [2.24, 2.45) is 10.2 Å². The van der Waals surface area contributed by atoms with Gasteiger partial charge in [-0.25, -0.2) is 4.39 Å². The van der Waals surface area contributed by atoms with Gasteiger partial charge in [0.1, 0.15) is 11.6 Å². The molecule has 1 aromatic rings. The Morgan fingerprint density at radius 3 is 3.06 bits per heavy atom. The van der Waals surface area contributed by atoms with Crippen molar-refractivity contribution in [3.8, 4) is 5.75 Å². The molecule has 5 nitrogen and oxygen atoms in total. The summed E-state index contributed by atoms with van der Waals surface area (Å²) in [6.45, 7) is 0. The number of hydrogen-bond donors (Lipinski definition) is 1. The molecule has 0 atom stereocenters. The van der Waals surface area contributed by atoms with Crippen LogP contribution in [0.15, 0.2) is 28.4 Å². The van der Waals surface area contributed by atoms with E-state index in [2.05, 4.69) is 15.5 Å². The maximum absolute atomic E-state index is 13.4. The second-order valence-corrected chi connectivity index (χ2v) is 4.34. The molecule has 1 heterocycles. The van der Waals surface area contributed by atoms with Crippen molar-refractivity contribution in [3.05, 3.63) is 29.6 Å². The van der Waals surface area contributed by atoms with E-state index >= 15 is 0 Å². The first-order valence-electron chi connectivity index (χ1n) is 5.06. The van der Waals surface area contributed by atoms with E-state index in [0.29, 0.717) is 16.7 Å². The molecule has 1 aliphatic heterocycles. The van der Waals surface area contributed by atoms with Gasteiger partial charge in [-0.3, -0.25) is 4.79 Å². The molecule has 7 heteroatoms. The van der Waals surface area contributed by atoms with Crippen LogP contribution in [0.1, 0.15) is 5.56 Å². The van der Waals surface area contributed by atoms with Gasteiger partial charge in [-0.05, 0) is 18.2 Å². The maximum atomic E-state index is 13.4. The Morgan fingerprint density at radius 1 is 1.56 bits per heavy atom. The van der Waals surface area contributed by atoms with Gasteiger partial charge in [-0.15, -0.1) is 5.10 Å². The third-order valence-electron chi connectivity index (χ3n) is 2.13. The molecule has 0 bridgehead atoms. The van der Waals surface area contributed by atoms with Crippen LogP contribution in [0.5, 0.6) is 5.75 Å². The Bertz CT molecular complexity index is 531. The van der Waals surface area contributed by atoms with E-state index in [1.807, 2.05) is 0 Å². The Labute approximate surface area is 107 Å². The van der Waals surface area contributed by atoms with Crippen molar-refractivity contribution in [1.29, 1.82) is 0 Å². The highest BCUT2D eigenvalue weighted by Crippen LogP contribution is 2.15. The second kappa shape index (κ2) is 5.63. The zero-order valence-corrected chi connectivity index (χ0v) is 10.3. The van der Waals surface area contributed by atoms with Crippen LogP contribution in [0.25, 0.3) is 0 Å². The summed E-state index contributed by atoms with van der Waals surface area (Å²) in [5.41, 5.74) is 0.271. The van der Waals surface area contributed by atoms with E-state index in [1.165, 1.54) is 43.3 Å². The summed E-state index contributed by atoms with van der Waals surface area (Å²) in [7, 11) is 1.50. The van der Waals surface area contributed by atoms with Crippen LogP contribution >= 0.6 is 11.8 Å². The molecular formula is C11H10FN3O2S. The van der Waals surface area contributed by atoms with Crippen LogP contribution in [-0.2, 0) is 4.79 Å². The van der Waals surface area contributed by atoms with Crippen LogP contribution in [-0.4, -0.2) is 30.2 Å². The SMILES string of the molecule is COc1ccc(F)c(C=NN=C2NC(=O)CS2)c1. The van der Waals surface area contributed by atoms with Gasteiger partial charge in [0.25, 0.3) is 0 Å². The van der Waals surface area contributed by atoms with E-state index in [-0.39, 0.29) is 11.5 Å². The minimum Gasteiger partial charge on any atom is -0.497 e. The Hall–Kier alpha value is -1.89. The van der Waals surface area contributed by atoms with Gasteiger partial charge < -0.3 is 10.1 Å². The van der Waals surface area contributed by atoms with E-state index < -0.39 is 5.82 Å². The molecule has 94 valence electrons. The average molecular weight is 267 g/mol. The largest absolute Gasteiger partial charge is 0.497 e. The standard InChI is InChI=1S/C11H10FN3O2S/c1-17-8-2-3-9(12)7(4-8)5-13-15-11-14-10(16)6-18-11/h2-5H,6H2,1H3,(H,14,15,16). The number of carbonyl (C=O) groups excluding carboxylic acids is 1. The summed E-state index contributed by atoms with van der Waals surface area (Å²) in [4.78, 5) is 10.9. The molecule has 1 saturated heterocycles. The summed E-state index contributed by atoms with van der Waals surface area (Å²) in [6, 6.07) is 4.32. The number of nitrogens with zero attached hydrogens (tertiary/aromatic N) is 2. The zero-order chi connectivity index (χ0) is 13.0. The van der Waals surface area contributed by atoms with Gasteiger partial charge in [0.15, 0.2) is 5.17 Å². The maximum Gasteiger partial charge on any atom is 0.236 e. The fourth-order valence-corrected chi connectivity index (χ4v) is 1.90. The number of hydrogen-bond acceptors (Lipinski definition) is 5. The van der Waals surface area contributed by atoms with Gasteiger partial charge in [-0.2, -0.15) is 5.10 Å². The molecule has 1 N–H and O–H groups in total. The first kappa shape index (κ1) is 12.6. The highest BCUT2D eigenvalue weighted by molar-refractivity contribution is 8.15. The number of ether oxygens (including phenoxy) is 1. The number of rotatable bonds is 3. The minimum absolute atomic E-state index is 0.110. The highest BCUT2D eigenvalue weighted by Gasteiger charge is 2.15. The van der Waals surface area contributed by atoms with Crippen LogP contribution in [0.3, 0.4) is 0 Å². The molecule has 0 aliphatic carbocycles. The molecule has 1 aromatic carbocycles. The third kappa shape index (κ3) is 3.07. The van der Waals surface area contributed by atoms with Crippen molar-refractivity contribution in [3.63, 3.8) is 0 Å². The first-order chi connectivity index (χ1) is 8.69. The van der Waals surface area contributed by atoms with Crippen molar-refractivity contribution in [2.45, 2.75) is 0 Å². The molecule has 1 aliphatic rings. The summed E-state index contributed by atoms with van der Waals surface area (Å²) in [5, 5.41) is 10.4. The lowest BCUT2D eigenvalue weighted by atomic mass is 10.2. The van der Waals surface area contributed by atoms with E-state index in [1.54, 1.807) is 0 Å². The molecular weight excluding hydrogens is 257 g/mol. The van der Waals surface area contributed by atoms with Crippen LogP contribution in [0.4, 0.5) is 4.39 Å². The van der Waals surface area contributed by atoms with Crippen molar-refractivity contribution in [1.82, 2.24) is 5.32 Å². The van der Waals surface area contributed by atoms with E-state index in [0.717, 1.165) is 0 Å². The topological polar surface area (TPSA) is 63.1 Å². The summed E-state index contributed by atoms with van der Waals surface area (Å²) >= 11 is 1.25. The highest BCUT2D eigenvalue weighted by atomic mass is 32.2. The molecule has 18 heavy (non-hydrogen) atoms. The van der Waals surface area contributed by atoms with E-state index in [9.17, 15) is 9.18 Å². The van der Waals surface area contributed by atoms with Crippen LogP contribution in [0, 0.1) is 5.82 Å². The first-order valence-corrected chi connectivity index (χ1v) is 6.05. The molecule has 0 aromatic heterocycles. The number of halogens is 1. The van der Waals surface area contributed by atoms with Gasteiger partial charge in [0.05, 0.1) is 19.1 Å². The minimum atomic E-state index is -0.414. The summed E-state index contributed by atoms with van der Waals surface area (Å²) in [5.74, 6) is 0.348. The summed E-state index contributed by atoms with van der Waals surface area (Å²) < 4.78 is 18.4. The predicted molar refractivity (Wildman–Crippen MR) is 68.6 cm³/mol. The molecule has 1 fully saturated rings. The normalized spacial score (nSPS) is 17.4. The monoisotopic (exact) mass is 267 g/mol. The average Bonchev–Trinajstić information content (AvgIpc) is 2.77. The third-order valence-corrected chi connectivity index (χ3v) is 3.00. The molecule has 0 saturated carbocycles. The predicted octanol–water partition coefficient (Wildman–Crippen LogP) is 1.39. The van der Waals surface area contributed by atoms with Crippen LogP contribution < -0.4 is 10.1 Å². The smallest absolute Gasteiger partial charge is 0.236 e. The fourth-order valence-electron chi connectivity index (χ4n) is 1.27. The quantitative estimate of drug-likeness (QED) is 0.665. The molecule has 0 unspecified atom stereocenters. The second-order valence-electron chi connectivity index (χ2n) is 3.37. The van der Waals surface area contributed by atoms with Crippen LogP contribution in [0.2, 0.25) is 0 Å². The zero-order valence-electron chi connectivity index (χ0n) is 9.51. The number of benzene rings is 1. The number of methoxy groups -OCH3 is 1. The molecule has 0 spiro atoms. The van der Waals surface area contributed by atoms with Crippen molar-refractivity contribution < 1.29 is 13.9 Å². The van der Waals surface area contributed by atoms with Gasteiger partial charge >= 0.3 is 0 Å². The number of amides is 1.